The van der Waals surface area contributed by atoms with Crippen molar-refractivity contribution in [3.05, 3.63) is 12.2 Å². The molecule has 0 aromatic rings. The third kappa shape index (κ3) is 8.66. The summed E-state index contributed by atoms with van der Waals surface area (Å²) in [4.78, 5) is 20.9. The van der Waals surface area contributed by atoms with Gasteiger partial charge in [-0.2, -0.15) is 0 Å². The predicted molar refractivity (Wildman–Crippen MR) is 73.2 cm³/mol. The molecule has 4 unspecified atom stereocenters. The van der Waals surface area contributed by atoms with Crippen LogP contribution in [-0.2, 0) is 9.59 Å². The second kappa shape index (κ2) is 9.50. The number of hydrogen-bond donors (Lipinski definition) is 4. The van der Waals surface area contributed by atoms with Gasteiger partial charge in [0.15, 0.2) is 0 Å². The van der Waals surface area contributed by atoms with Crippen molar-refractivity contribution in [2.75, 3.05) is 0 Å². The molecule has 0 aromatic carbocycles. The van der Waals surface area contributed by atoms with Crippen LogP contribution in [0.1, 0.15) is 39.5 Å². The highest BCUT2D eigenvalue weighted by molar-refractivity contribution is 5.67. The van der Waals surface area contributed by atoms with E-state index in [2.05, 4.69) is 0 Å². The molecular formula is C14H24O6. The summed E-state index contributed by atoms with van der Waals surface area (Å²) < 4.78 is 0. The Bertz CT molecular complexity index is 307. The maximum atomic E-state index is 10.4. The van der Waals surface area contributed by atoms with Crippen molar-refractivity contribution in [1.29, 1.82) is 0 Å². The van der Waals surface area contributed by atoms with Gasteiger partial charge < -0.3 is 20.4 Å². The number of hydrogen-bond acceptors (Lipinski definition) is 4. The Kier molecular flexibility index (Phi) is 8.83. The molecule has 0 spiro atoms. The van der Waals surface area contributed by atoms with E-state index in [0.717, 1.165) is 0 Å². The molecule has 0 aliphatic heterocycles. The van der Waals surface area contributed by atoms with E-state index in [1.807, 2.05) is 12.2 Å². The number of carboxylic acids is 2. The normalized spacial score (nSPS) is 17.6. The van der Waals surface area contributed by atoms with Crippen molar-refractivity contribution >= 4 is 11.9 Å². The van der Waals surface area contributed by atoms with Gasteiger partial charge in [0.1, 0.15) is 0 Å². The Balaban J connectivity index is 4.01. The van der Waals surface area contributed by atoms with Gasteiger partial charge in [-0.3, -0.25) is 9.59 Å². The molecule has 0 bridgehead atoms. The van der Waals surface area contributed by atoms with Crippen LogP contribution in [0, 0.1) is 11.8 Å². The highest BCUT2D eigenvalue weighted by atomic mass is 16.4. The third-order valence-corrected chi connectivity index (χ3v) is 3.26. The fourth-order valence-electron chi connectivity index (χ4n) is 1.70. The average molecular weight is 288 g/mol. The minimum Gasteiger partial charge on any atom is -0.481 e. The van der Waals surface area contributed by atoms with Gasteiger partial charge in [0.25, 0.3) is 0 Å². The van der Waals surface area contributed by atoms with Gasteiger partial charge >= 0.3 is 11.9 Å². The molecule has 4 N–H and O–H groups in total. The summed E-state index contributed by atoms with van der Waals surface area (Å²) in [7, 11) is 0. The van der Waals surface area contributed by atoms with Crippen LogP contribution in [0.4, 0.5) is 0 Å². The zero-order valence-corrected chi connectivity index (χ0v) is 11.9. The first-order valence-electron chi connectivity index (χ1n) is 6.68. The van der Waals surface area contributed by atoms with E-state index in [1.165, 1.54) is 0 Å². The summed E-state index contributed by atoms with van der Waals surface area (Å²) in [5.74, 6) is -2.39. The van der Waals surface area contributed by atoms with Crippen LogP contribution in [0.25, 0.3) is 0 Å². The molecule has 0 saturated carbocycles. The number of rotatable bonds is 10. The van der Waals surface area contributed by atoms with E-state index in [1.54, 1.807) is 13.8 Å². The van der Waals surface area contributed by atoms with Gasteiger partial charge in [0.2, 0.25) is 0 Å². The molecule has 0 rings (SSSR count). The molecule has 4 atom stereocenters. The molecule has 0 heterocycles. The van der Waals surface area contributed by atoms with Crippen LogP contribution in [0.5, 0.6) is 0 Å². The van der Waals surface area contributed by atoms with Crippen LogP contribution >= 0.6 is 0 Å². The first-order chi connectivity index (χ1) is 9.23. The van der Waals surface area contributed by atoms with Crippen molar-refractivity contribution < 1.29 is 30.0 Å². The first-order valence-corrected chi connectivity index (χ1v) is 6.68. The summed E-state index contributed by atoms with van der Waals surface area (Å²) in [6.07, 6.45) is 2.40. The highest BCUT2D eigenvalue weighted by Gasteiger charge is 2.17. The predicted octanol–water partition coefficient (Wildman–Crippen LogP) is 1.27. The largest absolute Gasteiger partial charge is 0.481 e. The second-order valence-electron chi connectivity index (χ2n) is 5.23. The molecule has 6 nitrogen and oxygen atoms in total. The monoisotopic (exact) mass is 288 g/mol. The quantitative estimate of drug-likeness (QED) is 0.450. The average Bonchev–Trinajstić information content (AvgIpc) is 2.32. The van der Waals surface area contributed by atoms with Crippen molar-refractivity contribution in [3.8, 4) is 0 Å². The summed E-state index contributed by atoms with van der Waals surface area (Å²) in [5.41, 5.74) is 0. The Labute approximate surface area is 118 Å². The summed E-state index contributed by atoms with van der Waals surface area (Å²) in [6.45, 7) is 3.53. The van der Waals surface area contributed by atoms with Crippen LogP contribution in [0.15, 0.2) is 12.2 Å². The fraction of sp³-hybridized carbons (Fsp3) is 0.714. The number of carboxylic acid groups (broad SMARTS) is 2. The molecular weight excluding hydrogens is 264 g/mol. The molecule has 6 heteroatoms. The van der Waals surface area contributed by atoms with Gasteiger partial charge in [-0.05, 0) is 24.7 Å². The van der Waals surface area contributed by atoms with Gasteiger partial charge in [-0.25, -0.2) is 0 Å². The molecule has 0 aromatic heterocycles. The minimum absolute atomic E-state index is 0.165. The highest BCUT2D eigenvalue weighted by Crippen LogP contribution is 2.15. The Morgan fingerprint density at radius 1 is 0.850 bits per heavy atom. The number of aliphatic hydroxyl groups excluding tert-OH is 2. The number of aliphatic carboxylic acids is 2. The Morgan fingerprint density at radius 3 is 1.40 bits per heavy atom. The van der Waals surface area contributed by atoms with Crippen molar-refractivity contribution in [3.63, 3.8) is 0 Å². The minimum atomic E-state index is -1.03. The molecule has 0 amide bonds. The topological polar surface area (TPSA) is 115 Å². The number of allylic oxidation sites excluding steroid dienone is 2. The Morgan fingerprint density at radius 2 is 1.15 bits per heavy atom. The first kappa shape index (κ1) is 18.6. The maximum absolute atomic E-state index is 10.4. The standard InChI is InChI=1S/C14H24O6/c1-9(11(15)7-13(17)18)5-3-4-6-10(2)12(16)8-14(19)20/h3-4,9-12,15-16H,5-8H2,1-2H3,(H,17,18)(H,19,20). The van der Waals surface area contributed by atoms with E-state index in [9.17, 15) is 19.8 Å². The molecule has 0 radical (unpaired) electrons. The number of aliphatic hydroxyl groups is 2. The van der Waals surface area contributed by atoms with E-state index in [4.69, 9.17) is 10.2 Å². The zero-order valence-electron chi connectivity index (χ0n) is 11.9. The van der Waals surface area contributed by atoms with E-state index < -0.39 is 24.1 Å². The molecule has 20 heavy (non-hydrogen) atoms. The third-order valence-electron chi connectivity index (χ3n) is 3.26. The lowest BCUT2D eigenvalue weighted by molar-refractivity contribution is -0.141. The van der Waals surface area contributed by atoms with Crippen molar-refractivity contribution in [2.45, 2.75) is 51.7 Å². The van der Waals surface area contributed by atoms with Crippen LogP contribution in [0.2, 0.25) is 0 Å². The summed E-state index contributed by atoms with van der Waals surface area (Å²) in [6, 6.07) is 0. The van der Waals surface area contributed by atoms with Gasteiger partial charge in [-0.1, -0.05) is 26.0 Å². The molecule has 0 aliphatic carbocycles. The van der Waals surface area contributed by atoms with E-state index in [0.29, 0.717) is 12.8 Å². The van der Waals surface area contributed by atoms with Crippen LogP contribution in [-0.4, -0.2) is 44.6 Å². The summed E-state index contributed by atoms with van der Waals surface area (Å²) in [5, 5.41) is 36.2. The molecule has 0 fully saturated rings. The van der Waals surface area contributed by atoms with Gasteiger partial charge in [-0.15, -0.1) is 0 Å². The summed E-state index contributed by atoms with van der Waals surface area (Å²) >= 11 is 0. The SMILES string of the molecule is CC(CC=CCC(C)C(O)CC(=O)O)C(O)CC(=O)O. The molecule has 0 aliphatic rings. The lowest BCUT2D eigenvalue weighted by atomic mass is 9.95. The van der Waals surface area contributed by atoms with E-state index in [-0.39, 0.29) is 24.7 Å². The lowest BCUT2D eigenvalue weighted by Gasteiger charge is -2.16. The van der Waals surface area contributed by atoms with Crippen LogP contribution in [0.3, 0.4) is 0 Å². The lowest BCUT2D eigenvalue weighted by Crippen LogP contribution is -2.21. The fourth-order valence-corrected chi connectivity index (χ4v) is 1.70. The number of carbonyl (C=O) groups is 2. The zero-order chi connectivity index (χ0) is 15.7. The Hall–Kier alpha value is -1.40. The van der Waals surface area contributed by atoms with Crippen molar-refractivity contribution in [1.82, 2.24) is 0 Å². The van der Waals surface area contributed by atoms with Crippen LogP contribution < -0.4 is 0 Å². The second-order valence-corrected chi connectivity index (χ2v) is 5.23. The van der Waals surface area contributed by atoms with Gasteiger partial charge in [0, 0.05) is 0 Å². The smallest absolute Gasteiger partial charge is 0.305 e. The van der Waals surface area contributed by atoms with Crippen molar-refractivity contribution in [2.24, 2.45) is 11.8 Å². The van der Waals surface area contributed by atoms with Gasteiger partial charge in [0.05, 0.1) is 25.0 Å². The molecule has 0 saturated heterocycles. The van der Waals surface area contributed by atoms with E-state index >= 15 is 0 Å². The maximum Gasteiger partial charge on any atom is 0.305 e. The molecule has 116 valence electrons.